The van der Waals surface area contributed by atoms with Crippen molar-refractivity contribution in [1.82, 2.24) is 9.88 Å². The summed E-state index contributed by atoms with van der Waals surface area (Å²) >= 11 is 0. The van der Waals surface area contributed by atoms with Crippen molar-refractivity contribution in [3.05, 3.63) is 34.8 Å². The van der Waals surface area contributed by atoms with Gasteiger partial charge in [-0.15, -0.1) is 0 Å². The number of para-hydroxylation sites is 2. The molecule has 5 nitrogen and oxygen atoms in total. The van der Waals surface area contributed by atoms with Crippen molar-refractivity contribution in [2.45, 2.75) is 70.9 Å². The summed E-state index contributed by atoms with van der Waals surface area (Å²) in [4.78, 5) is 24.6. The molecule has 1 N–H and O–H groups in total. The first-order valence-electron chi connectivity index (χ1n) is 10.9. The van der Waals surface area contributed by atoms with Crippen LogP contribution < -0.4 is 11.1 Å². The lowest BCUT2D eigenvalue weighted by atomic mass is 9.48. The quantitative estimate of drug-likeness (QED) is 0.818. The maximum atomic E-state index is 12.6. The maximum absolute atomic E-state index is 12.6. The standard InChI is InChI=1S/C23H30N2O3/c1-15(23-12-16-9-17(13-23)11-18(10-16)14-23)24-21(26)7-4-8-25-19-5-2-3-6-20(19)28-22(25)27/h2-3,5-6,15-18H,4,7-14H2,1H3,(H,24,26)/t15-,16?,17?,18?,23?/m1/s1. The van der Waals surface area contributed by atoms with Gasteiger partial charge in [-0.05, 0) is 87.2 Å². The first-order chi connectivity index (χ1) is 13.5. The zero-order valence-electron chi connectivity index (χ0n) is 16.7. The molecule has 4 saturated carbocycles. The average molecular weight is 383 g/mol. The minimum atomic E-state index is -0.344. The molecule has 0 spiro atoms. The Morgan fingerprint density at radius 1 is 1.18 bits per heavy atom. The maximum Gasteiger partial charge on any atom is 0.419 e. The summed E-state index contributed by atoms with van der Waals surface area (Å²) in [5.74, 6) is 2.46. The van der Waals surface area contributed by atoms with Gasteiger partial charge in [-0.3, -0.25) is 9.36 Å². The highest BCUT2D eigenvalue weighted by molar-refractivity contribution is 5.76. The van der Waals surface area contributed by atoms with Crippen LogP contribution in [0.4, 0.5) is 0 Å². The Balaban J connectivity index is 1.18. The Kier molecular flexibility index (Phi) is 4.37. The number of fused-ring (bicyclic) bond motifs is 1. The van der Waals surface area contributed by atoms with E-state index < -0.39 is 0 Å². The van der Waals surface area contributed by atoms with Gasteiger partial charge in [0, 0.05) is 19.0 Å². The van der Waals surface area contributed by atoms with Gasteiger partial charge in [-0.1, -0.05) is 12.1 Å². The van der Waals surface area contributed by atoms with Gasteiger partial charge in [0.1, 0.15) is 0 Å². The number of amides is 1. The van der Waals surface area contributed by atoms with Gasteiger partial charge in [-0.2, -0.15) is 0 Å². The van der Waals surface area contributed by atoms with Gasteiger partial charge in [0.2, 0.25) is 5.91 Å². The Morgan fingerprint density at radius 3 is 2.50 bits per heavy atom. The monoisotopic (exact) mass is 382 g/mol. The highest BCUT2D eigenvalue weighted by Crippen LogP contribution is 2.61. The molecule has 1 heterocycles. The molecular weight excluding hydrogens is 352 g/mol. The predicted octanol–water partition coefficient (Wildman–Crippen LogP) is 4.10. The van der Waals surface area contributed by atoms with E-state index in [0.29, 0.717) is 30.4 Å². The van der Waals surface area contributed by atoms with Crippen LogP contribution in [0.1, 0.15) is 58.3 Å². The van der Waals surface area contributed by atoms with E-state index >= 15 is 0 Å². The molecule has 150 valence electrons. The fourth-order valence-electron chi connectivity index (χ4n) is 6.80. The van der Waals surface area contributed by atoms with Crippen molar-refractivity contribution in [3.8, 4) is 0 Å². The molecule has 4 bridgehead atoms. The van der Waals surface area contributed by atoms with Crippen LogP contribution in [-0.2, 0) is 11.3 Å². The molecule has 0 radical (unpaired) electrons. The minimum absolute atomic E-state index is 0.115. The summed E-state index contributed by atoms with van der Waals surface area (Å²) in [7, 11) is 0. The number of rotatable bonds is 6. The Labute approximate surface area is 165 Å². The lowest BCUT2D eigenvalue weighted by molar-refractivity contribution is -0.126. The van der Waals surface area contributed by atoms with Crippen molar-refractivity contribution in [3.63, 3.8) is 0 Å². The van der Waals surface area contributed by atoms with Gasteiger partial charge in [0.05, 0.1) is 5.52 Å². The van der Waals surface area contributed by atoms with E-state index in [1.165, 1.54) is 38.5 Å². The molecule has 4 aliphatic rings. The second-order valence-electron chi connectivity index (χ2n) is 9.66. The zero-order valence-corrected chi connectivity index (χ0v) is 16.7. The van der Waals surface area contributed by atoms with E-state index in [0.717, 1.165) is 23.3 Å². The van der Waals surface area contributed by atoms with Gasteiger partial charge in [-0.25, -0.2) is 4.79 Å². The second-order valence-corrected chi connectivity index (χ2v) is 9.66. The molecule has 5 heteroatoms. The molecule has 1 aromatic carbocycles. The lowest BCUT2D eigenvalue weighted by Crippen LogP contribution is -2.55. The number of aromatic nitrogens is 1. The minimum Gasteiger partial charge on any atom is -0.408 e. The molecule has 1 aromatic heterocycles. The van der Waals surface area contributed by atoms with Crippen LogP contribution in [0.5, 0.6) is 0 Å². The van der Waals surface area contributed by atoms with Crippen LogP contribution in [0.25, 0.3) is 11.1 Å². The van der Waals surface area contributed by atoms with E-state index in [-0.39, 0.29) is 17.7 Å². The third-order valence-electron chi connectivity index (χ3n) is 7.74. The van der Waals surface area contributed by atoms with Crippen LogP contribution in [0.2, 0.25) is 0 Å². The molecule has 4 aliphatic carbocycles. The van der Waals surface area contributed by atoms with E-state index in [4.69, 9.17) is 4.42 Å². The summed E-state index contributed by atoms with van der Waals surface area (Å²) in [6, 6.07) is 7.69. The molecule has 2 aromatic rings. The number of nitrogens with zero attached hydrogens (tertiary/aromatic N) is 1. The first-order valence-corrected chi connectivity index (χ1v) is 10.9. The average Bonchev–Trinajstić information content (AvgIpc) is 2.96. The Hall–Kier alpha value is -2.04. The first kappa shape index (κ1) is 18.0. The summed E-state index contributed by atoms with van der Waals surface area (Å²) in [6.07, 6.45) is 9.27. The highest BCUT2D eigenvalue weighted by Gasteiger charge is 2.53. The number of oxazole rings is 1. The summed E-state index contributed by atoms with van der Waals surface area (Å²) in [6.45, 7) is 2.73. The molecular formula is C23H30N2O3. The molecule has 6 rings (SSSR count). The van der Waals surface area contributed by atoms with Gasteiger partial charge in [0.15, 0.2) is 5.58 Å². The van der Waals surface area contributed by atoms with Crippen molar-refractivity contribution in [1.29, 1.82) is 0 Å². The summed E-state index contributed by atoms with van der Waals surface area (Å²) in [5, 5.41) is 3.32. The number of benzene rings is 1. The van der Waals surface area contributed by atoms with Crippen molar-refractivity contribution >= 4 is 17.0 Å². The molecule has 4 fully saturated rings. The van der Waals surface area contributed by atoms with E-state index in [1.807, 2.05) is 18.2 Å². The van der Waals surface area contributed by atoms with Crippen LogP contribution >= 0.6 is 0 Å². The molecule has 28 heavy (non-hydrogen) atoms. The number of carbonyl (C=O) groups is 1. The Morgan fingerprint density at radius 2 is 1.82 bits per heavy atom. The largest absolute Gasteiger partial charge is 0.419 e. The Bertz CT molecular complexity index is 905. The van der Waals surface area contributed by atoms with Crippen LogP contribution in [-0.4, -0.2) is 16.5 Å². The molecule has 0 saturated heterocycles. The van der Waals surface area contributed by atoms with Crippen LogP contribution in [0.15, 0.2) is 33.5 Å². The molecule has 1 atom stereocenters. The SMILES string of the molecule is C[C@@H](NC(=O)CCCn1c(=O)oc2ccccc21)C12CC3CC(CC(C3)C1)C2. The smallest absolute Gasteiger partial charge is 0.408 e. The van der Waals surface area contributed by atoms with E-state index in [1.54, 1.807) is 10.6 Å². The fraction of sp³-hybridized carbons (Fsp3) is 0.652. The highest BCUT2D eigenvalue weighted by atomic mass is 16.4. The van der Waals surface area contributed by atoms with Crippen LogP contribution in [0.3, 0.4) is 0 Å². The zero-order chi connectivity index (χ0) is 19.3. The topological polar surface area (TPSA) is 64.2 Å². The third kappa shape index (κ3) is 3.09. The van der Waals surface area contributed by atoms with E-state index in [2.05, 4.69) is 12.2 Å². The fourth-order valence-corrected chi connectivity index (χ4v) is 6.80. The normalized spacial score (nSPS) is 32.0. The van der Waals surface area contributed by atoms with E-state index in [9.17, 15) is 9.59 Å². The third-order valence-corrected chi connectivity index (χ3v) is 7.74. The van der Waals surface area contributed by atoms with Gasteiger partial charge in [0.25, 0.3) is 0 Å². The van der Waals surface area contributed by atoms with Crippen molar-refractivity contribution in [2.24, 2.45) is 23.2 Å². The van der Waals surface area contributed by atoms with Crippen LogP contribution in [0, 0.1) is 23.2 Å². The molecule has 0 unspecified atom stereocenters. The number of carbonyl (C=O) groups excluding carboxylic acids is 1. The predicted molar refractivity (Wildman–Crippen MR) is 108 cm³/mol. The van der Waals surface area contributed by atoms with Crippen molar-refractivity contribution < 1.29 is 9.21 Å². The number of hydrogen-bond acceptors (Lipinski definition) is 3. The van der Waals surface area contributed by atoms with Crippen molar-refractivity contribution in [2.75, 3.05) is 0 Å². The van der Waals surface area contributed by atoms with Gasteiger partial charge >= 0.3 is 5.76 Å². The number of nitrogens with one attached hydrogen (secondary N) is 1. The summed E-state index contributed by atoms with van der Waals surface area (Å²) < 4.78 is 6.90. The molecule has 1 amide bonds. The number of hydrogen-bond donors (Lipinski definition) is 1. The summed E-state index contributed by atoms with van der Waals surface area (Å²) in [5.41, 5.74) is 1.74. The molecule has 0 aliphatic heterocycles. The lowest BCUT2D eigenvalue weighted by Gasteiger charge is -2.59. The second kappa shape index (κ2) is 6.78. The van der Waals surface area contributed by atoms with Gasteiger partial charge < -0.3 is 9.73 Å². The number of aryl methyl sites for hydroxylation is 1.